The Bertz CT molecular complexity index is 804. The van der Waals surface area contributed by atoms with E-state index in [2.05, 4.69) is 4.90 Å². The number of aliphatic hydroxyl groups is 1. The monoisotopic (exact) mass is 389 g/mol. The van der Waals surface area contributed by atoms with Gasteiger partial charge in [-0.05, 0) is 44.2 Å². The number of piperidine rings is 2. The molecule has 1 amide bonds. The summed E-state index contributed by atoms with van der Waals surface area (Å²) in [5.41, 5.74) is 0.838. The normalized spacial score (nSPS) is 26.2. The molecule has 4 rings (SSSR count). The Labute approximate surface area is 163 Å². The molecule has 2 aromatic heterocycles. The Morgan fingerprint density at radius 1 is 1.44 bits per heavy atom. The van der Waals surface area contributed by atoms with Gasteiger partial charge in [-0.25, -0.2) is 4.98 Å². The van der Waals surface area contributed by atoms with Gasteiger partial charge in [0.05, 0.1) is 17.2 Å². The molecule has 0 bridgehead atoms. The van der Waals surface area contributed by atoms with Crippen molar-refractivity contribution in [2.75, 3.05) is 26.2 Å². The molecular weight excluding hydrogens is 362 g/mol. The van der Waals surface area contributed by atoms with E-state index in [1.165, 1.54) is 0 Å². The molecule has 2 aromatic rings. The largest absolute Gasteiger partial charge is 0.440 e. The lowest BCUT2D eigenvalue weighted by molar-refractivity contribution is -0.138. The zero-order valence-corrected chi connectivity index (χ0v) is 16.8. The van der Waals surface area contributed by atoms with Crippen LogP contribution in [0.2, 0.25) is 0 Å². The molecule has 2 fully saturated rings. The quantitative estimate of drug-likeness (QED) is 0.871. The van der Waals surface area contributed by atoms with Gasteiger partial charge in [-0.15, -0.1) is 11.3 Å². The van der Waals surface area contributed by atoms with Crippen LogP contribution in [0.5, 0.6) is 0 Å². The zero-order valence-electron chi connectivity index (χ0n) is 16.0. The van der Waals surface area contributed by atoms with E-state index in [0.29, 0.717) is 19.0 Å². The van der Waals surface area contributed by atoms with Crippen LogP contribution < -0.4 is 0 Å². The highest BCUT2D eigenvalue weighted by Gasteiger charge is 2.48. The lowest BCUT2D eigenvalue weighted by Gasteiger charge is -2.54. The molecule has 1 N–H and O–H groups in total. The van der Waals surface area contributed by atoms with Gasteiger partial charge in [-0.2, -0.15) is 0 Å². The summed E-state index contributed by atoms with van der Waals surface area (Å²) >= 11 is 1.62. The highest BCUT2D eigenvalue weighted by Crippen LogP contribution is 2.42. The minimum absolute atomic E-state index is 0.113. The molecule has 6 nitrogen and oxygen atoms in total. The third-order valence-electron chi connectivity index (χ3n) is 6.28. The molecule has 2 atom stereocenters. The van der Waals surface area contributed by atoms with Gasteiger partial charge in [0.1, 0.15) is 5.76 Å². The Balaban J connectivity index is 1.58. The predicted molar refractivity (Wildman–Crippen MR) is 104 cm³/mol. The van der Waals surface area contributed by atoms with E-state index in [1.807, 2.05) is 29.3 Å². The Morgan fingerprint density at radius 3 is 3.00 bits per heavy atom. The van der Waals surface area contributed by atoms with Crippen molar-refractivity contribution in [1.29, 1.82) is 0 Å². The first-order chi connectivity index (χ1) is 13.0. The Hall–Kier alpha value is -1.70. The number of aliphatic hydroxyl groups excluding tert-OH is 1. The predicted octanol–water partition coefficient (Wildman–Crippen LogP) is 2.91. The van der Waals surface area contributed by atoms with E-state index < -0.39 is 0 Å². The van der Waals surface area contributed by atoms with Crippen molar-refractivity contribution >= 4 is 17.2 Å². The lowest BCUT2D eigenvalue weighted by atomic mass is 9.69. The molecule has 2 aliphatic rings. The minimum Gasteiger partial charge on any atom is -0.440 e. The number of carbonyl (C=O) groups is 1. The minimum atomic E-state index is -0.113. The first-order valence-electron chi connectivity index (χ1n) is 9.63. The summed E-state index contributed by atoms with van der Waals surface area (Å²) in [6, 6.07) is 4.18. The number of hydrogen-bond donors (Lipinski definition) is 1. The average Bonchev–Trinajstić information content (AvgIpc) is 3.32. The van der Waals surface area contributed by atoms with Crippen LogP contribution in [0.3, 0.4) is 0 Å². The van der Waals surface area contributed by atoms with Crippen LogP contribution in [-0.2, 0) is 11.3 Å². The van der Waals surface area contributed by atoms with Crippen molar-refractivity contribution in [2.24, 2.45) is 5.41 Å². The van der Waals surface area contributed by atoms with Crippen molar-refractivity contribution in [3.05, 3.63) is 29.0 Å². The Kier molecular flexibility index (Phi) is 5.09. The van der Waals surface area contributed by atoms with Crippen LogP contribution in [0.4, 0.5) is 0 Å². The first kappa shape index (κ1) is 18.7. The molecule has 2 aliphatic heterocycles. The van der Waals surface area contributed by atoms with E-state index in [9.17, 15) is 9.90 Å². The van der Waals surface area contributed by atoms with Gasteiger partial charge in [-0.3, -0.25) is 9.69 Å². The molecule has 0 aliphatic carbocycles. The fourth-order valence-electron chi connectivity index (χ4n) is 4.61. The molecule has 27 heavy (non-hydrogen) atoms. The van der Waals surface area contributed by atoms with Crippen molar-refractivity contribution < 1.29 is 14.3 Å². The number of rotatable bonds is 4. The van der Waals surface area contributed by atoms with Gasteiger partial charge >= 0.3 is 0 Å². The Morgan fingerprint density at radius 2 is 2.30 bits per heavy atom. The number of carbonyl (C=O) groups excluding carboxylic acids is 1. The molecule has 0 unspecified atom stereocenters. The van der Waals surface area contributed by atoms with Gasteiger partial charge in [0.2, 0.25) is 11.8 Å². The van der Waals surface area contributed by atoms with Gasteiger partial charge in [0.15, 0.2) is 0 Å². The molecule has 7 heteroatoms. The van der Waals surface area contributed by atoms with Crippen LogP contribution in [0.25, 0.3) is 10.8 Å². The maximum Gasteiger partial charge on any atom is 0.236 e. The molecule has 0 aromatic carbocycles. The summed E-state index contributed by atoms with van der Waals surface area (Å²) in [5, 5.41) is 12.2. The molecule has 4 heterocycles. The zero-order chi connectivity index (χ0) is 19.0. The number of thiophene rings is 1. The number of aromatic nitrogens is 1. The number of fused-ring (bicyclic) bond motifs is 1. The second kappa shape index (κ2) is 7.37. The third-order valence-corrected chi connectivity index (χ3v) is 7.14. The fraction of sp³-hybridized carbons (Fsp3) is 0.600. The van der Waals surface area contributed by atoms with Crippen LogP contribution in [0, 0.1) is 12.3 Å². The second-order valence-corrected chi connectivity index (χ2v) is 8.77. The first-order valence-corrected chi connectivity index (χ1v) is 10.5. The van der Waals surface area contributed by atoms with Crippen LogP contribution in [0.1, 0.15) is 37.6 Å². The number of oxazole rings is 1. The van der Waals surface area contributed by atoms with Gasteiger partial charge in [0.25, 0.3) is 0 Å². The summed E-state index contributed by atoms with van der Waals surface area (Å²) < 4.78 is 5.91. The number of nitrogens with zero attached hydrogens (tertiary/aromatic N) is 3. The van der Waals surface area contributed by atoms with Crippen molar-refractivity contribution in [3.8, 4) is 10.8 Å². The van der Waals surface area contributed by atoms with Gasteiger partial charge in [0, 0.05) is 38.0 Å². The molecule has 0 radical (unpaired) electrons. The van der Waals surface area contributed by atoms with Crippen molar-refractivity contribution in [1.82, 2.24) is 14.8 Å². The third kappa shape index (κ3) is 3.44. The van der Waals surface area contributed by atoms with Crippen LogP contribution in [0.15, 0.2) is 21.9 Å². The van der Waals surface area contributed by atoms with E-state index in [0.717, 1.165) is 48.7 Å². The number of aryl methyl sites for hydroxylation is 1. The van der Waals surface area contributed by atoms with Gasteiger partial charge in [-0.1, -0.05) is 6.07 Å². The van der Waals surface area contributed by atoms with Gasteiger partial charge < -0.3 is 14.4 Å². The van der Waals surface area contributed by atoms with Crippen LogP contribution >= 0.6 is 11.3 Å². The smallest absolute Gasteiger partial charge is 0.236 e. The summed E-state index contributed by atoms with van der Waals surface area (Å²) in [7, 11) is 0. The number of likely N-dealkylation sites (tertiary alicyclic amines) is 2. The topological polar surface area (TPSA) is 69.8 Å². The summed E-state index contributed by atoms with van der Waals surface area (Å²) in [6.07, 6.45) is 2.95. The number of hydrogen-bond acceptors (Lipinski definition) is 6. The molecule has 0 spiro atoms. The maximum absolute atomic E-state index is 11.9. The van der Waals surface area contributed by atoms with E-state index >= 15 is 0 Å². The van der Waals surface area contributed by atoms with Crippen molar-refractivity contribution in [2.45, 2.75) is 45.7 Å². The van der Waals surface area contributed by atoms with E-state index in [4.69, 9.17) is 9.40 Å². The second-order valence-electron chi connectivity index (χ2n) is 7.82. The summed E-state index contributed by atoms with van der Waals surface area (Å²) in [5.74, 6) is 1.64. The molecule has 2 saturated heterocycles. The highest BCUT2D eigenvalue weighted by molar-refractivity contribution is 7.13. The molecule has 0 saturated carbocycles. The number of amides is 1. The lowest BCUT2D eigenvalue weighted by Crippen LogP contribution is -2.62. The fourth-order valence-corrected chi connectivity index (χ4v) is 5.26. The summed E-state index contributed by atoms with van der Waals surface area (Å²) in [6.45, 7) is 6.85. The summed E-state index contributed by atoms with van der Waals surface area (Å²) in [4.78, 5) is 22.0. The standard InChI is InChI=1S/C20H27N3O3S/c1-14-16(21-19(26-14)17-5-3-10-27-17)11-23-8-4-6-20(13-24)7-9-22(15(2)25)12-18(20)23/h3,5,10,18,24H,4,6-9,11-13H2,1-2H3/t18-,20-/m0/s1. The van der Waals surface area contributed by atoms with E-state index in [1.54, 1.807) is 18.3 Å². The maximum atomic E-state index is 11.9. The van der Waals surface area contributed by atoms with Crippen LogP contribution in [-0.4, -0.2) is 58.1 Å². The average molecular weight is 390 g/mol. The SMILES string of the molecule is CC(=O)N1CC[C@]2(CO)CCCN(Cc3nc(-c4cccs4)oc3C)[C@H]2C1. The molecular formula is C20H27N3O3S. The van der Waals surface area contributed by atoms with E-state index in [-0.39, 0.29) is 24.0 Å². The molecule has 146 valence electrons. The van der Waals surface area contributed by atoms with Crippen molar-refractivity contribution in [3.63, 3.8) is 0 Å². The highest BCUT2D eigenvalue weighted by atomic mass is 32.1.